The number of primary amides is 1. The molecule has 0 spiro atoms. The van der Waals surface area contributed by atoms with Crippen molar-refractivity contribution in [3.8, 4) is 11.3 Å². The molecule has 4 aliphatic heterocycles. The Morgan fingerprint density at radius 1 is 0.797 bits per heavy atom. The summed E-state index contributed by atoms with van der Waals surface area (Å²) >= 11 is 0. The summed E-state index contributed by atoms with van der Waals surface area (Å²) in [5.41, 5.74) is 12.3. The number of nitrogens with zero attached hydrogens (tertiary/aromatic N) is 7. The number of urea groups is 1. The average Bonchev–Trinajstić information content (AvgIpc) is 4.02. The number of nitrogens with one attached hydrogen (secondary N) is 3. The van der Waals surface area contributed by atoms with Crippen LogP contribution in [0.2, 0.25) is 0 Å². The zero-order chi connectivity index (χ0) is 44.2. The molecule has 1 saturated carbocycles. The van der Waals surface area contributed by atoms with E-state index in [-0.39, 0.29) is 17.8 Å². The molecular weight excluding hydrogens is 824 g/mol. The number of hydrogen-bond donors (Lipinski definition) is 4. The van der Waals surface area contributed by atoms with Crippen LogP contribution in [0.5, 0.6) is 0 Å². The van der Waals surface area contributed by atoms with Crippen LogP contribution in [0, 0.1) is 5.92 Å². The molecule has 14 nitrogen and oxygen atoms in total. The van der Waals surface area contributed by atoms with Gasteiger partial charge in [-0.3, -0.25) is 24.7 Å². The molecule has 332 valence electrons. The summed E-state index contributed by atoms with van der Waals surface area (Å²) in [4.78, 5) is 50.1. The lowest BCUT2D eigenvalue weighted by Crippen LogP contribution is -2.49. The molecule has 5 N–H and O–H groups in total. The van der Waals surface area contributed by atoms with E-state index in [0.717, 1.165) is 118 Å². The fraction of sp³-hybridized carbons (Fsp3) is 0.383. The molecule has 0 radical (unpaired) electrons. The van der Waals surface area contributed by atoms with Crippen molar-refractivity contribution in [1.82, 2.24) is 25.0 Å². The standard InChI is InChI=1S/C47H50F3N11O3/c48-47(49,50)34-11-18-52-39(28-34)55-46(16-17-46)33-3-1-31(2-4-33)42-41(43(51)63)44-53-38-10-9-37(27-32(38)14-22-61(44)56-42)59-25-23-57(24-26-59)29-30-12-19-58(20-13-30)35-5-7-36(8-6-35)60-21-15-40(62)54-45(60)64/h1-11,18,27-28,30,53H,12-17,19-26,29H2,(H2,51,63)(H,52,55)(H,54,62,64). The molecule has 4 amide bonds. The van der Waals surface area contributed by atoms with Crippen molar-refractivity contribution in [1.29, 1.82) is 0 Å². The van der Waals surface area contributed by atoms with Crippen molar-refractivity contribution in [3.05, 3.63) is 107 Å². The molecule has 5 aliphatic rings. The zero-order valence-electron chi connectivity index (χ0n) is 35.3. The summed E-state index contributed by atoms with van der Waals surface area (Å²) in [6.07, 6.45) is 1.46. The zero-order valence-corrected chi connectivity index (χ0v) is 35.3. The Hall–Kier alpha value is -6.62. The van der Waals surface area contributed by atoms with E-state index in [1.54, 1.807) is 4.90 Å². The van der Waals surface area contributed by atoms with E-state index in [9.17, 15) is 27.6 Å². The first-order valence-electron chi connectivity index (χ1n) is 22.1. The number of halogens is 3. The van der Waals surface area contributed by atoms with Gasteiger partial charge in [0, 0.05) is 99.8 Å². The number of carbonyl (C=O) groups is 3. The van der Waals surface area contributed by atoms with E-state index >= 15 is 0 Å². The van der Waals surface area contributed by atoms with Gasteiger partial charge in [0.15, 0.2) is 0 Å². The third-order valence-corrected chi connectivity index (χ3v) is 13.5. The van der Waals surface area contributed by atoms with Crippen molar-refractivity contribution in [2.45, 2.75) is 56.8 Å². The fourth-order valence-electron chi connectivity index (χ4n) is 9.71. The summed E-state index contributed by atoms with van der Waals surface area (Å²) in [7, 11) is 0. The molecule has 0 bridgehead atoms. The van der Waals surface area contributed by atoms with Crippen molar-refractivity contribution in [3.63, 3.8) is 0 Å². The first kappa shape index (κ1) is 41.4. The molecule has 64 heavy (non-hydrogen) atoms. The van der Waals surface area contributed by atoms with Crippen LogP contribution in [0.1, 0.15) is 59.2 Å². The van der Waals surface area contributed by atoms with Gasteiger partial charge in [0.05, 0.1) is 11.1 Å². The van der Waals surface area contributed by atoms with Crippen LogP contribution < -0.4 is 36.4 Å². The van der Waals surface area contributed by atoms with Crippen LogP contribution in [0.3, 0.4) is 0 Å². The van der Waals surface area contributed by atoms with E-state index in [1.165, 1.54) is 5.69 Å². The highest BCUT2D eigenvalue weighted by atomic mass is 19.4. The lowest BCUT2D eigenvalue weighted by Gasteiger charge is -2.40. The Morgan fingerprint density at radius 2 is 1.50 bits per heavy atom. The minimum atomic E-state index is -4.46. The molecule has 17 heteroatoms. The van der Waals surface area contributed by atoms with Gasteiger partial charge in [0.1, 0.15) is 22.9 Å². The maximum atomic E-state index is 13.3. The predicted molar refractivity (Wildman–Crippen MR) is 239 cm³/mol. The number of anilines is 6. The lowest BCUT2D eigenvalue weighted by atomic mass is 9.95. The van der Waals surface area contributed by atoms with E-state index in [1.807, 2.05) is 41.1 Å². The predicted octanol–water partition coefficient (Wildman–Crippen LogP) is 6.95. The molecule has 0 atom stereocenters. The van der Waals surface area contributed by atoms with Gasteiger partial charge >= 0.3 is 12.2 Å². The lowest BCUT2D eigenvalue weighted by molar-refractivity contribution is -0.137. The molecule has 2 aromatic heterocycles. The van der Waals surface area contributed by atoms with Crippen molar-refractivity contribution >= 4 is 52.2 Å². The van der Waals surface area contributed by atoms with Crippen LogP contribution in [-0.2, 0) is 29.5 Å². The summed E-state index contributed by atoms with van der Waals surface area (Å²) < 4.78 is 41.8. The van der Waals surface area contributed by atoms with Gasteiger partial charge in [-0.05, 0) is 104 Å². The molecule has 0 unspecified atom stereocenters. The quantitative estimate of drug-likeness (QED) is 0.116. The van der Waals surface area contributed by atoms with Gasteiger partial charge in [-0.1, -0.05) is 24.3 Å². The van der Waals surface area contributed by atoms with E-state index in [0.29, 0.717) is 54.5 Å². The number of imide groups is 1. The Morgan fingerprint density at radius 3 is 2.19 bits per heavy atom. The summed E-state index contributed by atoms with van der Waals surface area (Å²) in [6, 6.07) is 23.7. The number of benzene rings is 3. The number of piperazine rings is 1. The second-order valence-corrected chi connectivity index (χ2v) is 17.6. The van der Waals surface area contributed by atoms with Crippen molar-refractivity contribution < 1.29 is 27.6 Å². The number of alkyl halides is 3. The third kappa shape index (κ3) is 8.31. The number of aryl methyl sites for hydroxylation is 2. The molecule has 3 aromatic carbocycles. The van der Waals surface area contributed by atoms with Gasteiger partial charge in [-0.25, -0.2) is 14.5 Å². The number of piperidine rings is 1. The second kappa shape index (κ2) is 16.5. The molecule has 4 fully saturated rings. The number of carbonyl (C=O) groups excluding carboxylic acids is 3. The highest BCUT2D eigenvalue weighted by molar-refractivity contribution is 6.06. The van der Waals surface area contributed by atoms with E-state index in [2.05, 4.69) is 66.0 Å². The second-order valence-electron chi connectivity index (χ2n) is 17.6. The normalized spacial score (nSPS) is 19.0. The van der Waals surface area contributed by atoms with Gasteiger partial charge in [0.2, 0.25) is 5.91 Å². The van der Waals surface area contributed by atoms with Crippen LogP contribution in [-0.4, -0.2) is 89.9 Å². The molecule has 5 aromatic rings. The number of rotatable bonds is 10. The maximum Gasteiger partial charge on any atom is 0.416 e. The number of fused-ring (bicyclic) bond motifs is 2. The monoisotopic (exact) mass is 873 g/mol. The van der Waals surface area contributed by atoms with E-state index in [4.69, 9.17) is 10.8 Å². The molecule has 10 rings (SSSR count). The van der Waals surface area contributed by atoms with Gasteiger partial charge in [-0.15, -0.1) is 0 Å². The van der Waals surface area contributed by atoms with Crippen LogP contribution in [0.25, 0.3) is 11.3 Å². The van der Waals surface area contributed by atoms with Crippen LogP contribution >= 0.6 is 0 Å². The average molecular weight is 874 g/mol. The van der Waals surface area contributed by atoms with Gasteiger partial charge < -0.3 is 26.2 Å². The minimum absolute atomic E-state index is 0.168. The Bertz CT molecular complexity index is 2580. The Balaban J connectivity index is 0.736. The van der Waals surface area contributed by atoms with Gasteiger partial charge in [-0.2, -0.15) is 18.3 Å². The molecule has 1 aliphatic carbocycles. The molecular formula is C47H50F3N11O3. The van der Waals surface area contributed by atoms with Crippen molar-refractivity contribution in [2.75, 3.05) is 77.7 Å². The minimum Gasteiger partial charge on any atom is -0.372 e. The first-order valence-corrected chi connectivity index (χ1v) is 22.1. The summed E-state index contributed by atoms with van der Waals surface area (Å²) in [5.74, 6) is 0.534. The number of pyridine rings is 1. The topological polar surface area (TPSA) is 157 Å². The first-order chi connectivity index (χ1) is 30.9. The number of amides is 4. The molecule has 3 saturated heterocycles. The largest absolute Gasteiger partial charge is 0.416 e. The number of aromatic nitrogens is 3. The Labute approximate surface area is 368 Å². The van der Waals surface area contributed by atoms with Crippen molar-refractivity contribution in [2.24, 2.45) is 11.7 Å². The van der Waals surface area contributed by atoms with E-state index < -0.39 is 23.2 Å². The maximum absolute atomic E-state index is 13.3. The van der Waals surface area contributed by atoms with Crippen LogP contribution in [0.15, 0.2) is 85.1 Å². The number of nitrogens with two attached hydrogens (primary N) is 1. The SMILES string of the molecule is NC(=O)c1c(-c2ccc(C3(Nc4cc(C(F)(F)F)ccn4)CC3)cc2)nn2c1Nc1ccc(N3CCN(CC4CCN(c5ccc(N6CCC(=O)NC6=O)cc5)CC4)CC3)cc1CC2. The highest BCUT2D eigenvalue weighted by Gasteiger charge is 2.45. The third-order valence-electron chi connectivity index (χ3n) is 13.5. The summed E-state index contributed by atoms with van der Waals surface area (Å²) in [6.45, 7) is 7.90. The van der Waals surface area contributed by atoms with Gasteiger partial charge in [0.25, 0.3) is 5.91 Å². The van der Waals surface area contributed by atoms with Crippen LogP contribution in [0.4, 0.5) is 52.4 Å². The smallest absolute Gasteiger partial charge is 0.372 e. The Kier molecular flexibility index (Phi) is 10.7. The summed E-state index contributed by atoms with van der Waals surface area (Å²) in [5, 5.41) is 14.0. The number of hydrogen-bond acceptors (Lipinski definition) is 10. The molecule has 6 heterocycles. The fourth-order valence-corrected chi connectivity index (χ4v) is 9.71. The highest BCUT2D eigenvalue weighted by Crippen LogP contribution is 2.49.